The maximum absolute atomic E-state index is 13.8. The number of aliphatic hydroxyl groups is 1. The monoisotopic (exact) mass is 342 g/mol. The molecule has 2 atom stereocenters. The Labute approximate surface area is 138 Å². The molecule has 24 heavy (non-hydrogen) atoms. The molecule has 3 rings (SSSR count). The number of hydrogen-bond donors (Lipinski definition) is 3. The lowest BCUT2D eigenvalue weighted by molar-refractivity contribution is -0.202. The van der Waals surface area contributed by atoms with Crippen LogP contribution in [0.2, 0.25) is 0 Å². The van der Waals surface area contributed by atoms with Gasteiger partial charge in [0.25, 0.3) is 0 Å². The molecule has 2 unspecified atom stereocenters. The van der Waals surface area contributed by atoms with E-state index in [1.807, 2.05) is 0 Å². The Morgan fingerprint density at radius 2 is 1.92 bits per heavy atom. The van der Waals surface area contributed by atoms with E-state index in [1.165, 1.54) is 6.07 Å². The van der Waals surface area contributed by atoms with E-state index in [9.17, 15) is 23.1 Å². The quantitative estimate of drug-likeness (QED) is 0.790. The van der Waals surface area contributed by atoms with Crippen LogP contribution in [-0.4, -0.2) is 23.3 Å². The Balaban J connectivity index is 1.90. The third kappa shape index (κ3) is 3.28. The summed E-state index contributed by atoms with van der Waals surface area (Å²) in [6.07, 6.45) is -3.24. The number of carbonyl (C=O) groups excluding carboxylic acids is 1. The minimum absolute atomic E-state index is 0.295. The van der Waals surface area contributed by atoms with Crippen LogP contribution in [0.3, 0.4) is 0 Å². The highest BCUT2D eigenvalue weighted by molar-refractivity contribution is 5.93. The molecule has 0 bridgehead atoms. The van der Waals surface area contributed by atoms with Crippen molar-refractivity contribution in [3.8, 4) is 0 Å². The van der Waals surface area contributed by atoms with Crippen LogP contribution in [0.25, 0.3) is 0 Å². The lowest BCUT2D eigenvalue weighted by Gasteiger charge is -2.37. The topological polar surface area (TPSA) is 75.4 Å². The Morgan fingerprint density at radius 3 is 2.50 bits per heavy atom. The fraction of sp³-hybridized carbons (Fsp3) is 0.588. The summed E-state index contributed by atoms with van der Waals surface area (Å²) < 4.78 is 41.3. The van der Waals surface area contributed by atoms with Gasteiger partial charge in [0.15, 0.2) is 0 Å². The average molecular weight is 342 g/mol. The van der Waals surface area contributed by atoms with Crippen LogP contribution in [0.1, 0.15) is 53.2 Å². The normalized spacial score (nSPS) is 28.4. The Bertz CT molecular complexity index is 625. The van der Waals surface area contributed by atoms with Gasteiger partial charge < -0.3 is 16.2 Å². The molecule has 0 aromatic heterocycles. The van der Waals surface area contributed by atoms with Crippen molar-refractivity contribution in [1.82, 2.24) is 5.32 Å². The molecule has 1 amide bonds. The molecule has 4 nitrogen and oxygen atoms in total. The maximum atomic E-state index is 13.8. The molecule has 1 fully saturated rings. The van der Waals surface area contributed by atoms with Gasteiger partial charge in [-0.25, -0.2) is 0 Å². The molecular formula is C17H21F3N2O2. The number of alkyl halides is 3. The number of fused-ring (bicyclic) bond motifs is 1. The van der Waals surface area contributed by atoms with Gasteiger partial charge in [-0.05, 0) is 54.9 Å². The first-order chi connectivity index (χ1) is 11.3. The zero-order chi connectivity index (χ0) is 17.5. The minimum atomic E-state index is -4.32. The largest absolute Gasteiger partial charge is 0.393 e. The molecule has 0 spiro atoms. The number of hydrogen-bond acceptors (Lipinski definition) is 3. The first-order valence-electron chi connectivity index (χ1n) is 8.18. The molecule has 7 heteroatoms. The van der Waals surface area contributed by atoms with E-state index in [0.717, 1.165) is 0 Å². The van der Waals surface area contributed by atoms with E-state index in [0.29, 0.717) is 48.9 Å². The number of nitrogens with one attached hydrogen (secondary N) is 1. The second-order valence-electron chi connectivity index (χ2n) is 6.77. The first kappa shape index (κ1) is 17.2. The number of primary amides is 1. The summed E-state index contributed by atoms with van der Waals surface area (Å²) in [6, 6.07) is 3.82. The van der Waals surface area contributed by atoms with E-state index in [1.54, 1.807) is 12.1 Å². The van der Waals surface area contributed by atoms with Gasteiger partial charge in [-0.1, -0.05) is 6.07 Å². The van der Waals surface area contributed by atoms with E-state index in [-0.39, 0.29) is 0 Å². The van der Waals surface area contributed by atoms with Crippen molar-refractivity contribution >= 4 is 5.91 Å². The molecule has 1 aromatic carbocycles. The van der Waals surface area contributed by atoms with E-state index in [2.05, 4.69) is 5.32 Å². The van der Waals surface area contributed by atoms with Gasteiger partial charge in [-0.3, -0.25) is 4.79 Å². The number of amides is 1. The minimum Gasteiger partial charge on any atom is -0.393 e. The molecule has 4 N–H and O–H groups in total. The summed E-state index contributed by atoms with van der Waals surface area (Å²) in [4.78, 5) is 11.3. The third-order valence-electron chi connectivity index (χ3n) is 5.26. The summed E-state index contributed by atoms with van der Waals surface area (Å²) in [5, 5.41) is 12.5. The predicted octanol–water partition coefficient (Wildman–Crippen LogP) is 2.66. The summed E-state index contributed by atoms with van der Waals surface area (Å²) in [5.41, 5.74) is 6.83. The van der Waals surface area contributed by atoms with Crippen LogP contribution in [0.15, 0.2) is 18.2 Å². The van der Waals surface area contributed by atoms with Gasteiger partial charge in [0.1, 0.15) is 0 Å². The molecule has 1 aliphatic heterocycles. The average Bonchev–Trinajstić information content (AvgIpc) is 2.91. The molecule has 132 valence electrons. The molecule has 1 aliphatic carbocycles. The van der Waals surface area contributed by atoms with Crippen molar-refractivity contribution in [3.05, 3.63) is 34.9 Å². The van der Waals surface area contributed by atoms with Crippen molar-refractivity contribution < 1.29 is 23.1 Å². The molecular weight excluding hydrogens is 321 g/mol. The van der Waals surface area contributed by atoms with Gasteiger partial charge in [0.2, 0.25) is 5.91 Å². The van der Waals surface area contributed by atoms with E-state index in [4.69, 9.17) is 5.73 Å². The van der Waals surface area contributed by atoms with Crippen molar-refractivity contribution in [2.24, 2.45) is 17.6 Å². The number of carbonyl (C=O) groups is 1. The number of rotatable bonds is 3. The number of benzene rings is 1. The Morgan fingerprint density at radius 1 is 1.25 bits per heavy atom. The van der Waals surface area contributed by atoms with Crippen LogP contribution in [-0.2, 0) is 6.54 Å². The third-order valence-corrected chi connectivity index (χ3v) is 5.26. The number of halogens is 3. The first-order valence-corrected chi connectivity index (χ1v) is 8.18. The molecule has 0 radical (unpaired) electrons. The fourth-order valence-corrected chi connectivity index (χ4v) is 4.05. The Kier molecular flexibility index (Phi) is 4.57. The van der Waals surface area contributed by atoms with Gasteiger partial charge >= 0.3 is 6.18 Å². The standard InChI is InChI=1S/C17H21F3N2O2/c18-17(19,20)14(9-1-4-12(23)5-2-9)15-13-6-3-10(16(21)24)7-11(13)8-22-15/h3,6-7,9,12,14-15,22-23H,1-2,4-5,8H2,(H2,21,24). The highest BCUT2D eigenvalue weighted by Gasteiger charge is 2.51. The highest BCUT2D eigenvalue weighted by atomic mass is 19.4. The molecule has 1 aromatic rings. The predicted molar refractivity (Wildman–Crippen MR) is 82.1 cm³/mol. The fourth-order valence-electron chi connectivity index (χ4n) is 4.05. The van der Waals surface area contributed by atoms with E-state index < -0.39 is 36.1 Å². The zero-order valence-electron chi connectivity index (χ0n) is 13.1. The SMILES string of the molecule is NC(=O)c1ccc2c(c1)CNC2C(C1CCC(O)CC1)C(F)(F)F. The summed E-state index contributed by atoms with van der Waals surface area (Å²) in [7, 11) is 0. The second-order valence-corrected chi connectivity index (χ2v) is 6.77. The van der Waals surface area contributed by atoms with Crippen molar-refractivity contribution in [3.63, 3.8) is 0 Å². The maximum Gasteiger partial charge on any atom is 0.393 e. The van der Waals surface area contributed by atoms with Crippen LogP contribution < -0.4 is 11.1 Å². The second kappa shape index (κ2) is 6.37. The van der Waals surface area contributed by atoms with Crippen LogP contribution in [0.4, 0.5) is 13.2 Å². The van der Waals surface area contributed by atoms with Gasteiger partial charge in [0.05, 0.1) is 12.0 Å². The summed E-state index contributed by atoms with van der Waals surface area (Å²) >= 11 is 0. The lowest BCUT2D eigenvalue weighted by Crippen LogP contribution is -2.41. The molecule has 0 saturated heterocycles. The molecule has 2 aliphatic rings. The number of aliphatic hydroxyl groups excluding tert-OH is 1. The van der Waals surface area contributed by atoms with Gasteiger partial charge in [-0.2, -0.15) is 13.2 Å². The zero-order valence-corrected chi connectivity index (χ0v) is 13.1. The highest BCUT2D eigenvalue weighted by Crippen LogP contribution is 2.48. The molecule has 1 heterocycles. The summed E-state index contributed by atoms with van der Waals surface area (Å²) in [6.45, 7) is 0.295. The van der Waals surface area contributed by atoms with Crippen molar-refractivity contribution in [2.75, 3.05) is 0 Å². The van der Waals surface area contributed by atoms with Crippen molar-refractivity contribution in [2.45, 2.75) is 50.6 Å². The van der Waals surface area contributed by atoms with E-state index >= 15 is 0 Å². The van der Waals surface area contributed by atoms with Gasteiger partial charge in [-0.15, -0.1) is 0 Å². The van der Waals surface area contributed by atoms with Crippen LogP contribution in [0, 0.1) is 11.8 Å². The number of nitrogens with two attached hydrogens (primary N) is 1. The van der Waals surface area contributed by atoms with Crippen molar-refractivity contribution in [1.29, 1.82) is 0 Å². The smallest absolute Gasteiger partial charge is 0.393 e. The van der Waals surface area contributed by atoms with Crippen LogP contribution in [0.5, 0.6) is 0 Å². The summed E-state index contributed by atoms with van der Waals surface area (Å²) in [5.74, 6) is -2.59. The Hall–Kier alpha value is -1.60. The van der Waals surface area contributed by atoms with Gasteiger partial charge in [0, 0.05) is 18.2 Å². The van der Waals surface area contributed by atoms with Crippen LogP contribution >= 0.6 is 0 Å². The molecule has 1 saturated carbocycles. The lowest BCUT2D eigenvalue weighted by atomic mass is 9.74.